The highest BCUT2D eigenvalue weighted by molar-refractivity contribution is 5.64. The topological polar surface area (TPSA) is 30.5 Å². The van der Waals surface area contributed by atoms with Gasteiger partial charge in [0.2, 0.25) is 0 Å². The molecule has 2 heterocycles. The molecule has 0 spiro atoms. The van der Waals surface area contributed by atoms with Crippen LogP contribution in [0.25, 0.3) is 0 Å². The maximum absolute atomic E-state index is 5.52. The smallest absolute Gasteiger partial charge is 0.122 e. The van der Waals surface area contributed by atoms with Crippen molar-refractivity contribution in [2.75, 3.05) is 18.5 Å². The molecular formula is C16H15NO2. The van der Waals surface area contributed by atoms with E-state index in [0.29, 0.717) is 0 Å². The first-order valence-electron chi connectivity index (χ1n) is 6.67. The van der Waals surface area contributed by atoms with Gasteiger partial charge in [-0.15, -0.1) is 0 Å². The van der Waals surface area contributed by atoms with Gasteiger partial charge in [-0.25, -0.2) is 0 Å². The lowest BCUT2D eigenvalue weighted by Gasteiger charge is -2.09. The minimum atomic E-state index is 0.801. The maximum Gasteiger partial charge on any atom is 0.122 e. The van der Waals surface area contributed by atoms with Crippen molar-refractivity contribution < 1.29 is 9.47 Å². The maximum atomic E-state index is 5.52. The predicted molar refractivity (Wildman–Crippen MR) is 74.6 cm³/mol. The van der Waals surface area contributed by atoms with Gasteiger partial charge in [0.1, 0.15) is 11.5 Å². The molecule has 0 atom stereocenters. The number of hydrogen-bond donors (Lipinski definition) is 1. The number of benzene rings is 2. The van der Waals surface area contributed by atoms with Crippen LogP contribution in [0.2, 0.25) is 0 Å². The zero-order chi connectivity index (χ0) is 12.7. The summed E-state index contributed by atoms with van der Waals surface area (Å²) in [4.78, 5) is 0. The van der Waals surface area contributed by atoms with Gasteiger partial charge in [-0.2, -0.15) is 0 Å². The Morgan fingerprint density at radius 3 is 1.79 bits per heavy atom. The van der Waals surface area contributed by atoms with E-state index in [0.717, 1.165) is 48.9 Å². The van der Waals surface area contributed by atoms with E-state index in [2.05, 4.69) is 29.6 Å². The number of nitrogens with one attached hydrogen (secondary N) is 1. The fourth-order valence-corrected chi connectivity index (χ4v) is 2.70. The fraction of sp³-hybridized carbons (Fsp3) is 0.250. The lowest BCUT2D eigenvalue weighted by Crippen LogP contribution is -1.92. The van der Waals surface area contributed by atoms with Crippen LogP contribution in [0, 0.1) is 0 Å². The Hall–Kier alpha value is -2.16. The van der Waals surface area contributed by atoms with Crippen molar-refractivity contribution in [2.24, 2.45) is 0 Å². The second kappa shape index (κ2) is 4.19. The molecule has 0 saturated carbocycles. The average molecular weight is 253 g/mol. The Kier molecular flexibility index (Phi) is 2.37. The van der Waals surface area contributed by atoms with Gasteiger partial charge in [0, 0.05) is 24.2 Å². The van der Waals surface area contributed by atoms with E-state index < -0.39 is 0 Å². The molecule has 2 aliphatic heterocycles. The SMILES string of the molecule is c1cc2c(cc1Nc1ccc3c(c1)CCO3)CCO2. The Morgan fingerprint density at radius 2 is 1.26 bits per heavy atom. The third kappa shape index (κ3) is 1.91. The molecule has 2 aromatic carbocycles. The lowest BCUT2D eigenvalue weighted by atomic mass is 10.1. The number of fused-ring (bicyclic) bond motifs is 2. The van der Waals surface area contributed by atoms with Crippen LogP contribution in [-0.4, -0.2) is 13.2 Å². The van der Waals surface area contributed by atoms with Crippen LogP contribution in [-0.2, 0) is 12.8 Å². The van der Waals surface area contributed by atoms with Gasteiger partial charge in [-0.05, 0) is 47.5 Å². The van der Waals surface area contributed by atoms with Gasteiger partial charge >= 0.3 is 0 Å². The summed E-state index contributed by atoms with van der Waals surface area (Å²) >= 11 is 0. The summed E-state index contributed by atoms with van der Waals surface area (Å²) < 4.78 is 11.0. The standard InChI is InChI=1S/C16H15NO2/c1-3-15-11(5-7-18-15)9-13(1)17-14-2-4-16-12(10-14)6-8-19-16/h1-4,9-10,17H,5-8H2. The highest BCUT2D eigenvalue weighted by Gasteiger charge is 2.14. The molecule has 3 nitrogen and oxygen atoms in total. The molecule has 2 aromatic rings. The molecule has 0 bridgehead atoms. The van der Waals surface area contributed by atoms with Crippen molar-refractivity contribution in [1.82, 2.24) is 0 Å². The van der Waals surface area contributed by atoms with Crippen LogP contribution in [0.1, 0.15) is 11.1 Å². The Bertz CT molecular complexity index is 581. The van der Waals surface area contributed by atoms with E-state index >= 15 is 0 Å². The predicted octanol–water partition coefficient (Wildman–Crippen LogP) is 3.30. The fourth-order valence-electron chi connectivity index (χ4n) is 2.70. The molecule has 0 aromatic heterocycles. The Labute approximate surface area is 112 Å². The summed E-state index contributed by atoms with van der Waals surface area (Å²) in [6, 6.07) is 12.6. The van der Waals surface area contributed by atoms with Crippen LogP contribution in [0.3, 0.4) is 0 Å². The zero-order valence-electron chi connectivity index (χ0n) is 10.6. The van der Waals surface area contributed by atoms with Crippen LogP contribution in [0.15, 0.2) is 36.4 Å². The van der Waals surface area contributed by atoms with Gasteiger partial charge in [0.15, 0.2) is 0 Å². The summed E-state index contributed by atoms with van der Waals surface area (Å²) in [5, 5.41) is 3.45. The van der Waals surface area contributed by atoms with Gasteiger partial charge in [-0.1, -0.05) is 0 Å². The van der Waals surface area contributed by atoms with E-state index in [1.807, 2.05) is 12.1 Å². The summed E-state index contributed by atoms with van der Waals surface area (Å²) in [6.07, 6.45) is 2.01. The lowest BCUT2D eigenvalue weighted by molar-refractivity contribution is 0.356. The van der Waals surface area contributed by atoms with Crippen molar-refractivity contribution in [2.45, 2.75) is 12.8 Å². The quantitative estimate of drug-likeness (QED) is 0.890. The van der Waals surface area contributed by atoms with E-state index in [1.54, 1.807) is 0 Å². The summed E-state index contributed by atoms with van der Waals surface area (Å²) in [7, 11) is 0. The summed E-state index contributed by atoms with van der Waals surface area (Å²) in [6.45, 7) is 1.60. The monoisotopic (exact) mass is 253 g/mol. The van der Waals surface area contributed by atoms with E-state index in [-0.39, 0.29) is 0 Å². The van der Waals surface area contributed by atoms with Crippen LogP contribution in [0.5, 0.6) is 11.5 Å². The molecule has 0 saturated heterocycles. The first-order valence-corrected chi connectivity index (χ1v) is 6.67. The molecule has 2 aliphatic rings. The molecular weight excluding hydrogens is 238 g/mol. The number of hydrogen-bond acceptors (Lipinski definition) is 3. The molecule has 19 heavy (non-hydrogen) atoms. The largest absolute Gasteiger partial charge is 0.493 e. The van der Waals surface area contributed by atoms with Crippen molar-refractivity contribution in [3.8, 4) is 11.5 Å². The number of anilines is 2. The van der Waals surface area contributed by atoms with Gasteiger partial charge < -0.3 is 14.8 Å². The normalized spacial score (nSPS) is 15.4. The van der Waals surface area contributed by atoms with E-state index in [9.17, 15) is 0 Å². The molecule has 0 amide bonds. The Morgan fingerprint density at radius 1 is 0.737 bits per heavy atom. The number of ether oxygens (including phenoxy) is 2. The highest BCUT2D eigenvalue weighted by Crippen LogP contribution is 2.32. The zero-order valence-corrected chi connectivity index (χ0v) is 10.6. The van der Waals surface area contributed by atoms with Crippen LogP contribution in [0.4, 0.5) is 11.4 Å². The third-order valence-corrected chi connectivity index (χ3v) is 3.67. The summed E-state index contributed by atoms with van der Waals surface area (Å²) in [5.41, 5.74) is 4.80. The van der Waals surface area contributed by atoms with Crippen LogP contribution >= 0.6 is 0 Å². The van der Waals surface area contributed by atoms with Gasteiger partial charge in [0.05, 0.1) is 13.2 Å². The first-order chi connectivity index (χ1) is 9.38. The average Bonchev–Trinajstić information content (AvgIpc) is 3.05. The van der Waals surface area contributed by atoms with E-state index in [4.69, 9.17) is 9.47 Å². The molecule has 0 aliphatic carbocycles. The first kappa shape index (κ1) is 10.7. The molecule has 4 rings (SSSR count). The minimum absolute atomic E-state index is 0.801. The minimum Gasteiger partial charge on any atom is -0.493 e. The van der Waals surface area contributed by atoms with Crippen molar-refractivity contribution >= 4 is 11.4 Å². The van der Waals surface area contributed by atoms with Crippen molar-refractivity contribution in [3.05, 3.63) is 47.5 Å². The second-order valence-corrected chi connectivity index (χ2v) is 4.97. The molecule has 0 unspecified atom stereocenters. The molecule has 3 heteroatoms. The van der Waals surface area contributed by atoms with Gasteiger partial charge in [0.25, 0.3) is 0 Å². The molecule has 1 N–H and O–H groups in total. The van der Waals surface area contributed by atoms with Crippen LogP contribution < -0.4 is 14.8 Å². The summed E-state index contributed by atoms with van der Waals surface area (Å²) in [5.74, 6) is 2.04. The molecule has 96 valence electrons. The second-order valence-electron chi connectivity index (χ2n) is 4.97. The third-order valence-electron chi connectivity index (χ3n) is 3.67. The molecule has 0 fully saturated rings. The van der Waals surface area contributed by atoms with Crippen molar-refractivity contribution in [3.63, 3.8) is 0 Å². The Balaban J connectivity index is 1.61. The van der Waals surface area contributed by atoms with E-state index in [1.165, 1.54) is 11.1 Å². The van der Waals surface area contributed by atoms with Gasteiger partial charge in [-0.3, -0.25) is 0 Å². The highest BCUT2D eigenvalue weighted by atomic mass is 16.5. The number of rotatable bonds is 2. The van der Waals surface area contributed by atoms with Crippen molar-refractivity contribution in [1.29, 1.82) is 0 Å². The molecule has 0 radical (unpaired) electrons.